The number of aromatic nitrogens is 1. The van der Waals surface area contributed by atoms with Crippen LogP contribution in [0.2, 0.25) is 0 Å². The number of pyridine rings is 1. The van der Waals surface area contributed by atoms with Crippen molar-refractivity contribution in [3.63, 3.8) is 0 Å². The molecule has 5 rings (SSSR count). The van der Waals surface area contributed by atoms with Gasteiger partial charge in [-0.2, -0.15) is 13.2 Å². The van der Waals surface area contributed by atoms with E-state index in [1.807, 2.05) is 29.7 Å². The number of nitrogens with one attached hydrogen (secondary N) is 2. The number of carbonyl (C=O) groups excluding carboxylic acids is 2. The molecule has 1 aromatic heterocycles. The van der Waals surface area contributed by atoms with Crippen LogP contribution in [0.25, 0.3) is 0 Å². The average Bonchev–Trinajstić information content (AvgIpc) is 3.51. The van der Waals surface area contributed by atoms with Crippen LogP contribution in [0.3, 0.4) is 0 Å². The van der Waals surface area contributed by atoms with Gasteiger partial charge in [0.25, 0.3) is 5.91 Å². The van der Waals surface area contributed by atoms with E-state index in [0.29, 0.717) is 37.1 Å². The first-order valence-electron chi connectivity index (χ1n) is 15.4. The quantitative estimate of drug-likeness (QED) is 0.408. The van der Waals surface area contributed by atoms with Crippen molar-refractivity contribution in [2.24, 2.45) is 5.41 Å². The van der Waals surface area contributed by atoms with E-state index >= 15 is 4.39 Å². The van der Waals surface area contributed by atoms with Gasteiger partial charge in [0, 0.05) is 63.3 Å². The molecule has 4 heterocycles. The molecule has 0 spiro atoms. The number of rotatable bonds is 9. The second-order valence-electron chi connectivity index (χ2n) is 12.4. The van der Waals surface area contributed by atoms with Gasteiger partial charge in [-0.1, -0.05) is 25.8 Å². The summed E-state index contributed by atoms with van der Waals surface area (Å²) in [6, 6.07) is 3.22. The Morgan fingerprint density at radius 2 is 1.91 bits per heavy atom. The van der Waals surface area contributed by atoms with E-state index in [9.17, 15) is 22.8 Å². The first-order valence-corrected chi connectivity index (χ1v) is 15.4. The number of carbonyl (C=O) groups is 2. The highest BCUT2D eigenvalue weighted by Crippen LogP contribution is 2.52. The van der Waals surface area contributed by atoms with E-state index in [0.717, 1.165) is 0 Å². The zero-order valence-electron chi connectivity index (χ0n) is 25.6. The van der Waals surface area contributed by atoms with Gasteiger partial charge in [-0.3, -0.25) is 19.5 Å². The van der Waals surface area contributed by atoms with Crippen LogP contribution >= 0.6 is 0 Å². The SMILES string of the molecule is CCOC1(c2cccnc2)C=CC(N2CCN(C(=O)C3(C(F)(F)F)CCCC3)C[C@H]2CC)=C(C(=O)NCC2(F)CN(C)C2)N1. The fourth-order valence-corrected chi connectivity index (χ4v) is 7.10. The molecule has 1 aromatic rings. The topological polar surface area (TPSA) is 90.0 Å². The van der Waals surface area contributed by atoms with Crippen molar-refractivity contribution in [2.75, 3.05) is 52.9 Å². The Labute approximate surface area is 255 Å². The van der Waals surface area contributed by atoms with E-state index in [1.54, 1.807) is 37.7 Å². The van der Waals surface area contributed by atoms with Crippen molar-refractivity contribution in [1.29, 1.82) is 0 Å². The molecule has 2 atom stereocenters. The number of allylic oxidation sites excluding steroid dienone is 1. The van der Waals surface area contributed by atoms with Gasteiger partial charge in [0.05, 0.1) is 12.2 Å². The Morgan fingerprint density at radius 3 is 2.50 bits per heavy atom. The van der Waals surface area contributed by atoms with Gasteiger partial charge in [0.15, 0.2) is 11.4 Å². The molecule has 0 bridgehead atoms. The Morgan fingerprint density at radius 1 is 1.18 bits per heavy atom. The number of dihydropyridines is 1. The number of halogens is 4. The molecule has 2 N–H and O–H groups in total. The summed E-state index contributed by atoms with van der Waals surface area (Å²) in [6.07, 6.45) is 3.11. The molecule has 0 radical (unpaired) electrons. The Balaban J connectivity index is 1.44. The number of piperazine rings is 1. The summed E-state index contributed by atoms with van der Waals surface area (Å²) in [6.45, 7) is 4.67. The lowest BCUT2D eigenvalue weighted by Gasteiger charge is -2.47. The number of hydrogen-bond acceptors (Lipinski definition) is 7. The lowest BCUT2D eigenvalue weighted by molar-refractivity contribution is -0.226. The Hall–Kier alpha value is -3.19. The number of likely N-dealkylation sites (tertiary alicyclic amines) is 1. The van der Waals surface area contributed by atoms with E-state index in [-0.39, 0.29) is 63.8 Å². The van der Waals surface area contributed by atoms with Crippen LogP contribution in [0.5, 0.6) is 0 Å². The van der Waals surface area contributed by atoms with Crippen LogP contribution in [-0.4, -0.2) is 102 Å². The summed E-state index contributed by atoms with van der Waals surface area (Å²) in [5.74, 6) is -1.38. The van der Waals surface area contributed by atoms with Crippen molar-refractivity contribution >= 4 is 11.8 Å². The molecule has 3 fully saturated rings. The first-order chi connectivity index (χ1) is 20.9. The lowest BCUT2D eigenvalue weighted by atomic mass is 9.83. The molecule has 1 unspecified atom stereocenters. The molecule has 9 nitrogen and oxygen atoms in total. The number of nitrogens with zero attached hydrogens (tertiary/aromatic N) is 4. The third kappa shape index (κ3) is 5.92. The molecule has 4 aliphatic rings. The average molecular weight is 623 g/mol. The van der Waals surface area contributed by atoms with Gasteiger partial charge in [-0.05, 0) is 51.5 Å². The molecule has 3 aliphatic heterocycles. The number of hydrogen-bond donors (Lipinski definition) is 2. The van der Waals surface area contributed by atoms with Crippen molar-refractivity contribution in [1.82, 2.24) is 30.3 Å². The zero-order valence-corrected chi connectivity index (χ0v) is 25.6. The largest absolute Gasteiger partial charge is 0.403 e. The first kappa shape index (κ1) is 32.2. The second-order valence-corrected chi connectivity index (χ2v) is 12.4. The Kier molecular flexibility index (Phi) is 9.01. The minimum Gasteiger partial charge on any atom is -0.363 e. The highest BCUT2D eigenvalue weighted by Gasteiger charge is 2.62. The summed E-state index contributed by atoms with van der Waals surface area (Å²) in [4.78, 5) is 36.6. The molecule has 0 aromatic carbocycles. The summed E-state index contributed by atoms with van der Waals surface area (Å²) >= 11 is 0. The third-order valence-corrected chi connectivity index (χ3v) is 9.36. The maximum Gasteiger partial charge on any atom is 0.403 e. The fraction of sp³-hybridized carbons (Fsp3) is 0.645. The van der Waals surface area contributed by atoms with E-state index in [4.69, 9.17) is 4.74 Å². The third-order valence-electron chi connectivity index (χ3n) is 9.36. The van der Waals surface area contributed by atoms with Gasteiger partial charge in [0.1, 0.15) is 11.1 Å². The summed E-state index contributed by atoms with van der Waals surface area (Å²) < 4.78 is 63.9. The van der Waals surface area contributed by atoms with Gasteiger partial charge < -0.3 is 25.2 Å². The zero-order chi connectivity index (χ0) is 31.8. The van der Waals surface area contributed by atoms with Crippen LogP contribution in [0, 0.1) is 5.41 Å². The molecule has 1 aliphatic carbocycles. The monoisotopic (exact) mass is 622 g/mol. The molecule has 1 saturated carbocycles. The van der Waals surface area contributed by atoms with Crippen LogP contribution in [0.15, 0.2) is 48.1 Å². The summed E-state index contributed by atoms with van der Waals surface area (Å²) in [7, 11) is 1.80. The molecule has 2 saturated heterocycles. The minimum atomic E-state index is -4.61. The molecule has 13 heteroatoms. The maximum atomic E-state index is 15.1. The maximum absolute atomic E-state index is 15.1. The van der Waals surface area contributed by atoms with Crippen LogP contribution in [0.4, 0.5) is 17.6 Å². The van der Waals surface area contributed by atoms with Crippen molar-refractivity contribution < 1.29 is 31.9 Å². The van der Waals surface area contributed by atoms with Crippen LogP contribution in [-0.2, 0) is 20.1 Å². The van der Waals surface area contributed by atoms with Gasteiger partial charge in [-0.25, -0.2) is 4.39 Å². The highest BCUT2D eigenvalue weighted by atomic mass is 19.4. The van der Waals surface area contributed by atoms with Crippen LogP contribution < -0.4 is 10.6 Å². The van der Waals surface area contributed by atoms with Gasteiger partial charge >= 0.3 is 6.18 Å². The van der Waals surface area contributed by atoms with Gasteiger partial charge in [-0.15, -0.1) is 0 Å². The lowest BCUT2D eigenvalue weighted by Crippen LogP contribution is -2.63. The number of alkyl halides is 4. The van der Waals surface area contributed by atoms with E-state index in [2.05, 4.69) is 15.6 Å². The minimum absolute atomic E-state index is 0.0819. The Bertz CT molecular complexity index is 1280. The summed E-state index contributed by atoms with van der Waals surface area (Å²) in [5, 5.41) is 6.03. The fourth-order valence-electron chi connectivity index (χ4n) is 7.10. The number of ether oxygens (including phenoxy) is 1. The molecule has 44 heavy (non-hydrogen) atoms. The predicted octanol–water partition coefficient (Wildman–Crippen LogP) is 3.46. The second kappa shape index (κ2) is 12.3. The van der Waals surface area contributed by atoms with Crippen molar-refractivity contribution in [3.05, 3.63) is 53.6 Å². The molecular formula is C31H42F4N6O3. The smallest absolute Gasteiger partial charge is 0.363 e. The molecular weight excluding hydrogens is 580 g/mol. The predicted molar refractivity (Wildman–Crippen MR) is 156 cm³/mol. The molecule has 242 valence electrons. The number of amides is 2. The normalized spacial score (nSPS) is 26.8. The van der Waals surface area contributed by atoms with Gasteiger partial charge in [0.2, 0.25) is 5.91 Å². The van der Waals surface area contributed by atoms with Crippen molar-refractivity contribution in [3.8, 4) is 0 Å². The van der Waals surface area contributed by atoms with E-state index < -0.39 is 34.8 Å². The highest BCUT2D eigenvalue weighted by molar-refractivity contribution is 5.94. The standard InChI is InChI=1S/C31H42F4N6O3/c1-4-23-18-40(27(43)29(31(33,34)35)11-6-7-12-29)15-16-41(23)24-10-13-30(44-5-2,22-9-8-14-36-17-22)38-25(24)26(42)37-19-28(32)20-39(3)21-28/h8-10,13-14,17,23,38H,4-7,11-12,15-16,18-21H2,1-3H3,(H,37,42)/t23-,30?/m1/s1. The summed E-state index contributed by atoms with van der Waals surface area (Å²) in [5.41, 5.74) is -3.79. The molecule has 2 amide bonds. The van der Waals surface area contributed by atoms with Crippen molar-refractivity contribution in [2.45, 2.75) is 69.6 Å². The van der Waals surface area contributed by atoms with Crippen LogP contribution in [0.1, 0.15) is 51.5 Å². The van der Waals surface area contributed by atoms with E-state index in [1.165, 1.54) is 4.90 Å².